The van der Waals surface area contributed by atoms with Gasteiger partial charge in [0, 0.05) is 31.7 Å². The number of nitrogens with one attached hydrogen (secondary N) is 1. The number of anilines is 2. The molecule has 1 unspecified atom stereocenters. The second-order valence-corrected chi connectivity index (χ2v) is 10.5. The fourth-order valence-corrected chi connectivity index (χ4v) is 6.03. The van der Waals surface area contributed by atoms with Crippen molar-refractivity contribution in [1.82, 2.24) is 4.31 Å². The smallest absolute Gasteiger partial charge is 0.243 e. The van der Waals surface area contributed by atoms with Gasteiger partial charge in [-0.1, -0.05) is 11.6 Å². The second kappa shape index (κ2) is 9.70. The lowest BCUT2D eigenvalue weighted by atomic mass is 9.98. The molecule has 2 aliphatic rings. The molecule has 2 aliphatic heterocycles. The minimum absolute atomic E-state index is 0.0362. The molecule has 1 N–H and O–H groups in total. The first kappa shape index (κ1) is 23.5. The number of sulfonamides is 1. The van der Waals surface area contributed by atoms with E-state index in [1.54, 1.807) is 35.2 Å². The third-order valence-corrected chi connectivity index (χ3v) is 8.21. The zero-order chi connectivity index (χ0) is 23.6. The lowest BCUT2D eigenvalue weighted by molar-refractivity contribution is -0.121. The average Bonchev–Trinajstić information content (AvgIpc) is 3.24. The molecule has 0 bridgehead atoms. The van der Waals surface area contributed by atoms with E-state index in [9.17, 15) is 18.0 Å². The second-order valence-electron chi connectivity index (χ2n) is 8.18. The van der Waals surface area contributed by atoms with Crippen LogP contribution in [0, 0.1) is 5.92 Å². The van der Waals surface area contributed by atoms with Crippen LogP contribution in [0.25, 0.3) is 0 Å². The number of amides is 2. The SMILES string of the molecule is COc1ccc(S(=O)(=O)N2CCCC(C(=O)Nc3ccc(N4CCCC4=O)c(Cl)c3)C2)cc1. The molecule has 2 saturated heterocycles. The van der Waals surface area contributed by atoms with Crippen LogP contribution in [-0.2, 0) is 19.6 Å². The number of halogens is 1. The van der Waals surface area contributed by atoms with E-state index >= 15 is 0 Å². The van der Waals surface area contributed by atoms with Crippen LogP contribution in [0.5, 0.6) is 5.75 Å². The Morgan fingerprint density at radius 2 is 1.88 bits per heavy atom. The van der Waals surface area contributed by atoms with E-state index in [0.29, 0.717) is 54.5 Å². The maximum Gasteiger partial charge on any atom is 0.243 e. The van der Waals surface area contributed by atoms with E-state index in [4.69, 9.17) is 16.3 Å². The third-order valence-electron chi connectivity index (χ3n) is 6.03. The molecule has 0 aliphatic carbocycles. The molecular formula is C23H26ClN3O5S. The average molecular weight is 492 g/mol. The van der Waals surface area contributed by atoms with E-state index in [0.717, 1.165) is 6.42 Å². The van der Waals surface area contributed by atoms with Crippen molar-refractivity contribution >= 4 is 44.8 Å². The fourth-order valence-electron chi connectivity index (χ4n) is 4.22. The molecule has 0 saturated carbocycles. The van der Waals surface area contributed by atoms with E-state index in [1.165, 1.54) is 23.5 Å². The number of methoxy groups -OCH3 is 1. The summed E-state index contributed by atoms with van der Waals surface area (Å²) in [5.74, 6) is -0.131. The van der Waals surface area contributed by atoms with Gasteiger partial charge in [-0.25, -0.2) is 8.42 Å². The number of carbonyl (C=O) groups excluding carboxylic acids is 2. The summed E-state index contributed by atoms with van der Waals surface area (Å²) in [6, 6.07) is 11.3. The first-order valence-electron chi connectivity index (χ1n) is 10.8. The van der Waals surface area contributed by atoms with E-state index in [2.05, 4.69) is 5.32 Å². The monoisotopic (exact) mass is 491 g/mol. The van der Waals surface area contributed by atoms with Gasteiger partial charge in [-0.3, -0.25) is 9.59 Å². The predicted octanol–water partition coefficient (Wildman–Crippen LogP) is 3.51. The largest absolute Gasteiger partial charge is 0.497 e. The van der Waals surface area contributed by atoms with Crippen LogP contribution in [0.3, 0.4) is 0 Å². The first-order chi connectivity index (χ1) is 15.8. The molecular weight excluding hydrogens is 466 g/mol. The van der Waals surface area contributed by atoms with Crippen LogP contribution in [0.4, 0.5) is 11.4 Å². The van der Waals surface area contributed by atoms with E-state index in [-0.39, 0.29) is 23.3 Å². The van der Waals surface area contributed by atoms with Crippen molar-refractivity contribution < 1.29 is 22.7 Å². The summed E-state index contributed by atoms with van der Waals surface area (Å²) in [4.78, 5) is 26.7. The van der Waals surface area contributed by atoms with Crippen molar-refractivity contribution in [3.63, 3.8) is 0 Å². The van der Waals surface area contributed by atoms with Gasteiger partial charge in [-0.2, -0.15) is 4.31 Å². The van der Waals surface area contributed by atoms with E-state index in [1.807, 2.05) is 0 Å². The summed E-state index contributed by atoms with van der Waals surface area (Å²) in [6.07, 6.45) is 2.48. The topological polar surface area (TPSA) is 96.0 Å². The summed E-state index contributed by atoms with van der Waals surface area (Å²) >= 11 is 6.37. The number of ether oxygens (including phenoxy) is 1. The highest BCUT2D eigenvalue weighted by Crippen LogP contribution is 2.32. The fraction of sp³-hybridized carbons (Fsp3) is 0.391. The van der Waals surface area contributed by atoms with Gasteiger partial charge in [0.1, 0.15) is 5.75 Å². The Morgan fingerprint density at radius 1 is 1.12 bits per heavy atom. The number of nitrogens with zero attached hydrogens (tertiary/aromatic N) is 2. The molecule has 2 aromatic carbocycles. The summed E-state index contributed by atoms with van der Waals surface area (Å²) in [6.45, 7) is 1.10. The normalized spacial score (nSPS) is 19.5. The molecule has 33 heavy (non-hydrogen) atoms. The van der Waals surface area contributed by atoms with Gasteiger partial charge < -0.3 is 15.0 Å². The molecule has 4 rings (SSSR count). The molecule has 2 heterocycles. The summed E-state index contributed by atoms with van der Waals surface area (Å²) in [5, 5.41) is 3.23. The maximum atomic E-state index is 13.1. The number of hydrogen-bond donors (Lipinski definition) is 1. The molecule has 0 aromatic heterocycles. The molecule has 0 radical (unpaired) electrons. The number of piperidine rings is 1. The summed E-state index contributed by atoms with van der Waals surface area (Å²) < 4.78 is 32.6. The van der Waals surface area contributed by atoms with Crippen molar-refractivity contribution in [2.45, 2.75) is 30.6 Å². The molecule has 2 fully saturated rings. The maximum absolute atomic E-state index is 13.1. The van der Waals surface area contributed by atoms with Crippen molar-refractivity contribution in [3.8, 4) is 5.75 Å². The molecule has 10 heteroatoms. The Labute approximate surface area is 198 Å². The van der Waals surface area contributed by atoms with Gasteiger partial charge in [-0.15, -0.1) is 0 Å². The Balaban J connectivity index is 1.43. The Bertz CT molecular complexity index is 1150. The van der Waals surface area contributed by atoms with Crippen LogP contribution >= 0.6 is 11.6 Å². The quantitative estimate of drug-likeness (QED) is 0.667. The first-order valence-corrected chi connectivity index (χ1v) is 12.7. The van der Waals surface area contributed by atoms with Crippen LogP contribution in [-0.4, -0.2) is 51.3 Å². The van der Waals surface area contributed by atoms with Crippen molar-refractivity contribution in [3.05, 3.63) is 47.5 Å². The highest BCUT2D eigenvalue weighted by molar-refractivity contribution is 7.89. The Kier molecular flexibility index (Phi) is 6.92. The van der Waals surface area contributed by atoms with Crippen LogP contribution < -0.4 is 15.0 Å². The molecule has 2 aromatic rings. The van der Waals surface area contributed by atoms with Gasteiger partial charge in [-0.05, 0) is 61.7 Å². The zero-order valence-corrected chi connectivity index (χ0v) is 19.9. The highest BCUT2D eigenvalue weighted by atomic mass is 35.5. The van der Waals surface area contributed by atoms with Gasteiger partial charge in [0.05, 0.1) is 28.6 Å². The number of hydrogen-bond acceptors (Lipinski definition) is 5. The highest BCUT2D eigenvalue weighted by Gasteiger charge is 2.33. The van der Waals surface area contributed by atoms with Crippen molar-refractivity contribution in [2.75, 3.05) is 37.0 Å². The molecule has 176 valence electrons. The lowest BCUT2D eigenvalue weighted by Gasteiger charge is -2.31. The lowest BCUT2D eigenvalue weighted by Crippen LogP contribution is -2.43. The Hall–Kier alpha value is -2.62. The minimum atomic E-state index is -3.71. The molecule has 0 spiro atoms. The van der Waals surface area contributed by atoms with Crippen LogP contribution in [0.1, 0.15) is 25.7 Å². The van der Waals surface area contributed by atoms with Crippen molar-refractivity contribution in [1.29, 1.82) is 0 Å². The van der Waals surface area contributed by atoms with E-state index < -0.39 is 15.9 Å². The number of rotatable bonds is 6. The summed E-state index contributed by atoms with van der Waals surface area (Å²) in [5.41, 5.74) is 1.14. The predicted molar refractivity (Wildman–Crippen MR) is 126 cm³/mol. The van der Waals surface area contributed by atoms with Gasteiger partial charge in [0.15, 0.2) is 0 Å². The van der Waals surface area contributed by atoms with Gasteiger partial charge in [0.25, 0.3) is 0 Å². The van der Waals surface area contributed by atoms with Gasteiger partial charge >= 0.3 is 0 Å². The van der Waals surface area contributed by atoms with Crippen LogP contribution in [0.2, 0.25) is 5.02 Å². The Morgan fingerprint density at radius 3 is 2.52 bits per heavy atom. The molecule has 2 amide bonds. The van der Waals surface area contributed by atoms with Crippen LogP contribution in [0.15, 0.2) is 47.4 Å². The van der Waals surface area contributed by atoms with Gasteiger partial charge in [0.2, 0.25) is 21.8 Å². The molecule has 1 atom stereocenters. The third kappa shape index (κ3) is 5.00. The van der Waals surface area contributed by atoms with Crippen molar-refractivity contribution in [2.24, 2.45) is 5.92 Å². The number of carbonyl (C=O) groups is 2. The zero-order valence-electron chi connectivity index (χ0n) is 18.3. The summed E-state index contributed by atoms with van der Waals surface area (Å²) in [7, 11) is -2.20. The standard InChI is InChI=1S/C23H26ClN3O5S/c1-32-18-7-9-19(10-8-18)33(30,31)26-12-2-4-16(15-26)23(29)25-17-6-11-21(20(24)14-17)27-13-3-5-22(27)28/h6-11,14,16H,2-5,12-13,15H2,1H3,(H,25,29). The number of benzene rings is 2. The minimum Gasteiger partial charge on any atom is -0.497 e. The molecule has 8 nitrogen and oxygen atoms in total.